The molecule has 1 amide bonds. The Morgan fingerprint density at radius 2 is 1.53 bits per heavy atom. The molecule has 2 rings (SSSR count). The Hall–Kier alpha value is -2.90. The summed E-state index contributed by atoms with van der Waals surface area (Å²) < 4.78 is 77.3. The second-order valence-corrected chi connectivity index (χ2v) is 6.53. The van der Waals surface area contributed by atoms with Gasteiger partial charge in [0, 0.05) is 16.9 Å². The number of anilines is 2. The number of hydrogen-bond acceptors (Lipinski definition) is 3. The van der Waals surface area contributed by atoms with E-state index in [1.165, 1.54) is 24.3 Å². The van der Waals surface area contributed by atoms with Gasteiger partial charge in [-0.05, 0) is 36.4 Å². The molecule has 0 radical (unpaired) electrons. The first-order valence-electron chi connectivity index (χ1n) is 7.74. The first kappa shape index (κ1) is 23.4. The number of carbonyl (C=O) groups excluding carboxylic acids is 1. The summed E-state index contributed by atoms with van der Waals surface area (Å²) in [5, 5.41) is 13.8. The van der Waals surface area contributed by atoms with E-state index in [-0.39, 0.29) is 21.8 Å². The highest BCUT2D eigenvalue weighted by Crippen LogP contribution is 2.37. The zero-order chi connectivity index (χ0) is 22.7. The number of carbonyl (C=O) groups is 1. The van der Waals surface area contributed by atoms with Gasteiger partial charge in [-0.15, -0.1) is 0 Å². The number of nitriles is 1. The van der Waals surface area contributed by atoms with Gasteiger partial charge < -0.3 is 10.6 Å². The Balaban J connectivity index is 2.31. The van der Waals surface area contributed by atoms with Crippen molar-refractivity contribution in [1.82, 2.24) is 0 Å². The third-order valence-electron chi connectivity index (χ3n) is 3.52. The maximum atomic E-state index is 12.9. The lowest BCUT2D eigenvalue weighted by atomic mass is 10.1. The van der Waals surface area contributed by atoms with Crippen molar-refractivity contribution in [2.75, 3.05) is 10.6 Å². The maximum absolute atomic E-state index is 12.9. The van der Waals surface area contributed by atoms with E-state index in [1.807, 2.05) is 0 Å². The molecule has 0 saturated carbocycles. The Kier molecular flexibility index (Phi) is 6.90. The molecule has 0 heterocycles. The predicted molar refractivity (Wildman–Crippen MR) is 98.9 cm³/mol. The van der Waals surface area contributed by atoms with Gasteiger partial charge in [-0.1, -0.05) is 23.2 Å². The Bertz CT molecular complexity index is 1010. The summed E-state index contributed by atoms with van der Waals surface area (Å²) in [4.78, 5) is 12.2. The number of hydrogen-bond donors (Lipinski definition) is 2. The molecule has 4 nitrogen and oxygen atoms in total. The average Bonchev–Trinajstić information content (AvgIpc) is 2.63. The zero-order valence-electron chi connectivity index (χ0n) is 14.4. The van der Waals surface area contributed by atoms with Crippen LogP contribution < -0.4 is 10.6 Å². The number of benzene rings is 2. The van der Waals surface area contributed by atoms with Crippen molar-refractivity contribution >= 4 is 40.5 Å². The van der Waals surface area contributed by atoms with Crippen LogP contribution in [-0.2, 0) is 17.1 Å². The average molecular weight is 468 g/mol. The summed E-state index contributed by atoms with van der Waals surface area (Å²) in [5.74, 6) is -1.00. The van der Waals surface area contributed by atoms with Crippen molar-refractivity contribution in [1.29, 1.82) is 5.26 Å². The minimum absolute atomic E-state index is 0.0463. The van der Waals surface area contributed by atoms with Crippen molar-refractivity contribution in [3.05, 3.63) is 69.3 Å². The molecule has 2 aromatic rings. The molecule has 0 aliphatic carbocycles. The molecule has 30 heavy (non-hydrogen) atoms. The van der Waals surface area contributed by atoms with Crippen molar-refractivity contribution < 1.29 is 31.1 Å². The molecule has 0 atom stereocenters. The van der Waals surface area contributed by atoms with Crippen molar-refractivity contribution in [3.63, 3.8) is 0 Å². The van der Waals surface area contributed by atoms with Crippen LogP contribution in [0.1, 0.15) is 11.1 Å². The Morgan fingerprint density at radius 1 is 0.967 bits per heavy atom. The highest BCUT2D eigenvalue weighted by atomic mass is 35.5. The standard InChI is InChI=1S/C18H9Cl2F6N3O/c19-12-1-2-15(14(20)6-12)29-16(30)9(7-27)8-28-13-4-10(17(21,22)23)3-11(5-13)18(24,25)26/h1-6,8,28H,(H,29,30)/b9-8-. The van der Waals surface area contributed by atoms with Gasteiger partial charge in [0.05, 0.1) is 21.8 Å². The van der Waals surface area contributed by atoms with Crippen LogP contribution in [0.25, 0.3) is 0 Å². The van der Waals surface area contributed by atoms with Crippen LogP contribution in [0.2, 0.25) is 10.0 Å². The van der Waals surface area contributed by atoms with Gasteiger partial charge in [0.15, 0.2) is 0 Å². The monoisotopic (exact) mass is 467 g/mol. The lowest BCUT2D eigenvalue weighted by molar-refractivity contribution is -0.143. The molecule has 0 aliphatic rings. The molecule has 0 unspecified atom stereocenters. The zero-order valence-corrected chi connectivity index (χ0v) is 15.9. The second-order valence-electron chi connectivity index (χ2n) is 5.69. The first-order valence-corrected chi connectivity index (χ1v) is 8.49. The summed E-state index contributed by atoms with van der Waals surface area (Å²) >= 11 is 11.6. The summed E-state index contributed by atoms with van der Waals surface area (Å²) in [6, 6.07) is 6.32. The fourth-order valence-corrected chi connectivity index (χ4v) is 2.58. The number of nitrogens with zero attached hydrogens (tertiary/aromatic N) is 1. The van der Waals surface area contributed by atoms with Crippen LogP contribution in [0.3, 0.4) is 0 Å². The van der Waals surface area contributed by atoms with E-state index in [0.29, 0.717) is 18.3 Å². The van der Waals surface area contributed by atoms with E-state index in [0.717, 1.165) is 0 Å². The van der Waals surface area contributed by atoms with Crippen molar-refractivity contribution in [3.8, 4) is 6.07 Å². The molecule has 2 aromatic carbocycles. The lowest BCUT2D eigenvalue weighted by Gasteiger charge is -2.14. The number of halogens is 8. The number of amides is 1. The molecule has 0 saturated heterocycles. The van der Waals surface area contributed by atoms with Gasteiger partial charge >= 0.3 is 12.4 Å². The normalized spacial score (nSPS) is 12.3. The summed E-state index contributed by atoms with van der Waals surface area (Å²) in [6.07, 6.45) is -9.40. The van der Waals surface area contributed by atoms with Crippen LogP contribution in [-0.4, -0.2) is 5.91 Å². The summed E-state index contributed by atoms with van der Waals surface area (Å²) in [7, 11) is 0. The minimum Gasteiger partial charge on any atom is -0.360 e. The third kappa shape index (κ3) is 6.05. The smallest absolute Gasteiger partial charge is 0.360 e. The van der Waals surface area contributed by atoms with Gasteiger partial charge in [0.1, 0.15) is 11.6 Å². The van der Waals surface area contributed by atoms with E-state index in [9.17, 15) is 31.1 Å². The predicted octanol–water partition coefficient (Wildman–Crippen LogP) is 6.49. The minimum atomic E-state index is -5.04. The summed E-state index contributed by atoms with van der Waals surface area (Å²) in [5.41, 5.74) is -4.27. The Morgan fingerprint density at radius 3 is 2.00 bits per heavy atom. The third-order valence-corrected chi connectivity index (χ3v) is 4.06. The van der Waals surface area contributed by atoms with Crippen molar-refractivity contribution in [2.24, 2.45) is 0 Å². The van der Waals surface area contributed by atoms with Crippen LogP contribution in [0.5, 0.6) is 0 Å². The molecule has 12 heteroatoms. The van der Waals surface area contributed by atoms with Gasteiger partial charge in [-0.2, -0.15) is 31.6 Å². The quantitative estimate of drug-likeness (QED) is 0.307. The molecular formula is C18H9Cl2F6N3O. The van der Waals surface area contributed by atoms with Crippen LogP contribution >= 0.6 is 23.2 Å². The van der Waals surface area contributed by atoms with Crippen LogP contribution in [0.15, 0.2) is 48.2 Å². The van der Waals surface area contributed by atoms with Gasteiger partial charge in [0.25, 0.3) is 5.91 Å². The molecule has 0 aliphatic heterocycles. The van der Waals surface area contributed by atoms with Crippen molar-refractivity contribution in [2.45, 2.75) is 12.4 Å². The number of alkyl halides is 6. The van der Waals surface area contributed by atoms with E-state index < -0.39 is 40.6 Å². The molecule has 0 aromatic heterocycles. The van der Waals surface area contributed by atoms with E-state index in [2.05, 4.69) is 10.6 Å². The molecule has 0 bridgehead atoms. The highest BCUT2D eigenvalue weighted by Gasteiger charge is 2.36. The Labute approximate surface area is 175 Å². The van der Waals surface area contributed by atoms with E-state index in [1.54, 1.807) is 0 Å². The van der Waals surface area contributed by atoms with Gasteiger partial charge in [0.2, 0.25) is 0 Å². The highest BCUT2D eigenvalue weighted by molar-refractivity contribution is 6.36. The maximum Gasteiger partial charge on any atom is 0.416 e. The molecule has 2 N–H and O–H groups in total. The lowest BCUT2D eigenvalue weighted by Crippen LogP contribution is -2.15. The van der Waals surface area contributed by atoms with E-state index in [4.69, 9.17) is 28.5 Å². The topological polar surface area (TPSA) is 64.9 Å². The molecular weight excluding hydrogens is 459 g/mol. The largest absolute Gasteiger partial charge is 0.416 e. The number of rotatable bonds is 4. The van der Waals surface area contributed by atoms with Crippen LogP contribution in [0.4, 0.5) is 37.7 Å². The summed E-state index contributed by atoms with van der Waals surface area (Å²) in [6.45, 7) is 0. The SMILES string of the molecule is N#C/C(=C/Nc1cc(C(F)(F)F)cc(C(F)(F)F)c1)C(=O)Nc1ccc(Cl)cc1Cl. The van der Waals surface area contributed by atoms with Gasteiger partial charge in [-0.25, -0.2) is 0 Å². The molecule has 158 valence electrons. The van der Waals surface area contributed by atoms with Gasteiger partial charge in [-0.3, -0.25) is 4.79 Å². The first-order chi connectivity index (χ1) is 13.8. The fraction of sp³-hybridized carbons (Fsp3) is 0.111. The second kappa shape index (κ2) is 8.85. The molecule has 0 fully saturated rings. The fourth-order valence-electron chi connectivity index (χ4n) is 2.12. The van der Waals surface area contributed by atoms with Crippen LogP contribution in [0, 0.1) is 11.3 Å². The number of nitrogens with one attached hydrogen (secondary N) is 2. The van der Waals surface area contributed by atoms with E-state index >= 15 is 0 Å². The molecule has 0 spiro atoms.